The first-order valence-corrected chi connectivity index (χ1v) is 6.81. The zero-order valence-corrected chi connectivity index (χ0v) is 11.6. The maximum absolute atomic E-state index is 11.5. The van der Waals surface area contributed by atoms with Gasteiger partial charge in [0, 0.05) is 16.9 Å². The van der Waals surface area contributed by atoms with Crippen molar-refractivity contribution in [1.82, 2.24) is 10.2 Å². The number of aromatic amines is 1. The number of hydrogen-bond donors (Lipinski definition) is 2. The fourth-order valence-corrected chi connectivity index (χ4v) is 1.95. The van der Waals surface area contributed by atoms with Crippen LogP contribution in [0.5, 0.6) is 5.75 Å². The third kappa shape index (κ3) is 3.17. The molecule has 100 valence electrons. The first-order chi connectivity index (χ1) is 9.26. The number of aromatic nitrogens is 2. The van der Waals surface area contributed by atoms with E-state index in [-0.39, 0.29) is 5.56 Å². The topological polar surface area (TPSA) is 55.0 Å². The van der Waals surface area contributed by atoms with Gasteiger partial charge in [-0.3, -0.25) is 4.79 Å². The number of ether oxygens (including phenoxy) is 1. The van der Waals surface area contributed by atoms with Crippen molar-refractivity contribution in [3.8, 4) is 17.0 Å². The van der Waals surface area contributed by atoms with Gasteiger partial charge in [0.2, 0.25) is 0 Å². The van der Waals surface area contributed by atoms with E-state index in [2.05, 4.69) is 29.7 Å². The number of nitrogens with zero attached hydrogens (tertiary/aromatic N) is 1. The molecule has 2 rings (SSSR count). The van der Waals surface area contributed by atoms with E-state index in [9.17, 15) is 4.79 Å². The summed E-state index contributed by atoms with van der Waals surface area (Å²) >= 11 is 4.14. The molecule has 0 bridgehead atoms. The third-order valence-electron chi connectivity index (χ3n) is 2.68. The number of rotatable bonds is 5. The highest BCUT2D eigenvalue weighted by Gasteiger charge is 2.09. The Balaban J connectivity index is 2.43. The Morgan fingerprint density at radius 3 is 2.89 bits per heavy atom. The summed E-state index contributed by atoms with van der Waals surface area (Å²) in [6.45, 7) is 2.71. The standard InChI is InChI=1S/C14H16N2O2S/c1-2-7-18-13-6-4-3-5-11(13)12-8-10(9-19)14(17)16-15-12/h3-6,8,19H,2,7,9H2,1H3,(H,16,17). The van der Waals surface area contributed by atoms with Crippen LogP contribution in [0.2, 0.25) is 0 Å². The van der Waals surface area contributed by atoms with E-state index >= 15 is 0 Å². The van der Waals surface area contributed by atoms with Crippen LogP contribution in [0.1, 0.15) is 18.9 Å². The number of thiol groups is 1. The average molecular weight is 276 g/mol. The first-order valence-electron chi connectivity index (χ1n) is 6.18. The lowest BCUT2D eigenvalue weighted by atomic mass is 10.1. The molecule has 1 aromatic carbocycles. The summed E-state index contributed by atoms with van der Waals surface area (Å²) in [5.41, 5.74) is 1.95. The monoisotopic (exact) mass is 276 g/mol. The molecular formula is C14H16N2O2S. The number of benzene rings is 1. The van der Waals surface area contributed by atoms with E-state index in [1.165, 1.54) is 0 Å². The zero-order chi connectivity index (χ0) is 13.7. The quantitative estimate of drug-likeness (QED) is 0.825. The minimum atomic E-state index is -0.203. The molecule has 0 fully saturated rings. The maximum atomic E-state index is 11.5. The highest BCUT2D eigenvalue weighted by molar-refractivity contribution is 7.79. The molecule has 19 heavy (non-hydrogen) atoms. The summed E-state index contributed by atoms with van der Waals surface area (Å²) in [5.74, 6) is 1.15. The van der Waals surface area contributed by atoms with Crippen LogP contribution in [0.15, 0.2) is 35.1 Å². The van der Waals surface area contributed by atoms with Crippen molar-refractivity contribution >= 4 is 12.6 Å². The molecule has 2 aromatic rings. The van der Waals surface area contributed by atoms with Gasteiger partial charge in [-0.1, -0.05) is 19.1 Å². The van der Waals surface area contributed by atoms with Crippen LogP contribution in [0, 0.1) is 0 Å². The molecule has 0 amide bonds. The van der Waals surface area contributed by atoms with Gasteiger partial charge in [-0.15, -0.1) is 0 Å². The Labute approximate surface area is 117 Å². The minimum absolute atomic E-state index is 0.203. The number of para-hydroxylation sites is 1. The van der Waals surface area contributed by atoms with Crippen molar-refractivity contribution in [3.63, 3.8) is 0 Å². The SMILES string of the molecule is CCCOc1ccccc1-c1cc(CS)c(=O)[nH]n1. The summed E-state index contributed by atoms with van der Waals surface area (Å²) in [4.78, 5) is 11.5. The molecule has 1 aromatic heterocycles. The predicted molar refractivity (Wildman–Crippen MR) is 78.8 cm³/mol. The van der Waals surface area contributed by atoms with Gasteiger partial charge >= 0.3 is 0 Å². The van der Waals surface area contributed by atoms with Gasteiger partial charge in [0.1, 0.15) is 5.75 Å². The molecule has 0 aliphatic carbocycles. The molecule has 0 atom stereocenters. The van der Waals surface area contributed by atoms with Crippen LogP contribution in [0.4, 0.5) is 0 Å². The molecule has 0 aliphatic heterocycles. The average Bonchev–Trinajstić information content (AvgIpc) is 2.46. The second-order valence-corrected chi connectivity index (χ2v) is 4.43. The summed E-state index contributed by atoms with van der Waals surface area (Å²) < 4.78 is 5.69. The van der Waals surface area contributed by atoms with E-state index in [0.717, 1.165) is 17.7 Å². The fourth-order valence-electron chi connectivity index (χ4n) is 1.72. The first kappa shape index (κ1) is 13.7. The Kier molecular flexibility index (Phi) is 4.63. The largest absolute Gasteiger partial charge is 0.493 e. The lowest BCUT2D eigenvalue weighted by Gasteiger charge is -2.10. The summed E-state index contributed by atoms with van der Waals surface area (Å²) in [7, 11) is 0. The molecule has 0 spiro atoms. The fraction of sp³-hybridized carbons (Fsp3) is 0.286. The van der Waals surface area contributed by atoms with Crippen molar-refractivity contribution in [2.24, 2.45) is 0 Å². The Morgan fingerprint density at radius 2 is 2.16 bits per heavy atom. The Hall–Kier alpha value is -1.75. The molecule has 0 saturated carbocycles. The molecule has 4 nitrogen and oxygen atoms in total. The zero-order valence-electron chi connectivity index (χ0n) is 10.7. The van der Waals surface area contributed by atoms with Crippen molar-refractivity contribution in [3.05, 3.63) is 46.2 Å². The summed E-state index contributed by atoms with van der Waals surface area (Å²) in [5, 5.41) is 6.57. The van der Waals surface area contributed by atoms with E-state index in [4.69, 9.17) is 4.74 Å². The molecule has 1 heterocycles. The van der Waals surface area contributed by atoms with Crippen molar-refractivity contribution in [2.45, 2.75) is 19.1 Å². The highest BCUT2D eigenvalue weighted by Crippen LogP contribution is 2.28. The summed E-state index contributed by atoms with van der Waals surface area (Å²) in [6.07, 6.45) is 0.940. The predicted octanol–water partition coefficient (Wildman–Crippen LogP) is 2.66. The van der Waals surface area contributed by atoms with Crippen LogP contribution >= 0.6 is 12.6 Å². The van der Waals surface area contributed by atoms with Crippen LogP contribution in [0.3, 0.4) is 0 Å². The van der Waals surface area contributed by atoms with E-state index in [0.29, 0.717) is 23.6 Å². The van der Waals surface area contributed by atoms with Gasteiger partial charge in [0.25, 0.3) is 5.56 Å². The second-order valence-electron chi connectivity index (χ2n) is 4.11. The van der Waals surface area contributed by atoms with Crippen LogP contribution in [-0.2, 0) is 5.75 Å². The van der Waals surface area contributed by atoms with Crippen molar-refractivity contribution < 1.29 is 4.74 Å². The third-order valence-corrected chi connectivity index (χ3v) is 3.02. The van der Waals surface area contributed by atoms with E-state index in [1.807, 2.05) is 24.3 Å². The lowest BCUT2D eigenvalue weighted by Crippen LogP contribution is -2.13. The molecule has 1 N–H and O–H groups in total. The second kappa shape index (κ2) is 6.43. The van der Waals surface area contributed by atoms with Gasteiger partial charge in [-0.05, 0) is 24.6 Å². The van der Waals surface area contributed by atoms with Crippen LogP contribution in [0.25, 0.3) is 11.3 Å². The van der Waals surface area contributed by atoms with Crippen molar-refractivity contribution in [1.29, 1.82) is 0 Å². The molecule has 0 saturated heterocycles. The number of hydrogen-bond acceptors (Lipinski definition) is 4. The Morgan fingerprint density at radius 1 is 1.37 bits per heavy atom. The minimum Gasteiger partial charge on any atom is -0.493 e. The molecule has 5 heteroatoms. The van der Waals surface area contributed by atoms with Gasteiger partial charge in [0.15, 0.2) is 0 Å². The van der Waals surface area contributed by atoms with Gasteiger partial charge in [0.05, 0.1) is 12.3 Å². The van der Waals surface area contributed by atoms with Crippen LogP contribution < -0.4 is 10.3 Å². The smallest absolute Gasteiger partial charge is 0.268 e. The van der Waals surface area contributed by atoms with Crippen LogP contribution in [-0.4, -0.2) is 16.8 Å². The highest BCUT2D eigenvalue weighted by atomic mass is 32.1. The molecular weight excluding hydrogens is 260 g/mol. The maximum Gasteiger partial charge on any atom is 0.268 e. The van der Waals surface area contributed by atoms with Gasteiger partial charge < -0.3 is 4.74 Å². The Bertz CT molecular complexity index is 610. The van der Waals surface area contributed by atoms with Gasteiger partial charge in [-0.2, -0.15) is 17.7 Å². The number of H-pyrrole nitrogens is 1. The molecule has 0 radical (unpaired) electrons. The van der Waals surface area contributed by atoms with Crippen molar-refractivity contribution in [2.75, 3.05) is 6.61 Å². The lowest BCUT2D eigenvalue weighted by molar-refractivity contribution is 0.318. The summed E-state index contributed by atoms with van der Waals surface area (Å²) in [6, 6.07) is 9.41. The molecule has 0 aliphatic rings. The van der Waals surface area contributed by atoms with E-state index in [1.54, 1.807) is 6.07 Å². The number of nitrogens with one attached hydrogen (secondary N) is 1. The molecule has 0 unspecified atom stereocenters. The normalized spacial score (nSPS) is 10.4. The van der Waals surface area contributed by atoms with Gasteiger partial charge in [-0.25, -0.2) is 5.10 Å². The van der Waals surface area contributed by atoms with E-state index < -0.39 is 0 Å².